The zero-order valence-corrected chi connectivity index (χ0v) is 21.2. The summed E-state index contributed by atoms with van der Waals surface area (Å²) < 4.78 is 13.1. The van der Waals surface area contributed by atoms with Gasteiger partial charge in [-0.3, -0.25) is 15.1 Å². The molecule has 2 unspecified atom stereocenters. The molecular weight excluding hydrogens is 481 g/mol. The molecular formula is C24H30FN9OS. The molecule has 0 aliphatic carbocycles. The number of halogens is 1. The van der Waals surface area contributed by atoms with Gasteiger partial charge in [-0.05, 0) is 49.9 Å². The monoisotopic (exact) mass is 511 g/mol. The number of piperazine rings is 1. The van der Waals surface area contributed by atoms with Crippen LogP contribution in [0.1, 0.15) is 26.7 Å². The van der Waals surface area contributed by atoms with Gasteiger partial charge < -0.3 is 15.5 Å². The van der Waals surface area contributed by atoms with Crippen molar-refractivity contribution in [3.8, 4) is 6.07 Å². The fourth-order valence-corrected chi connectivity index (χ4v) is 4.78. The van der Waals surface area contributed by atoms with Gasteiger partial charge in [0.25, 0.3) is 0 Å². The first-order chi connectivity index (χ1) is 17.4. The molecule has 2 aliphatic heterocycles. The third-order valence-electron chi connectivity index (χ3n) is 6.00. The topological polar surface area (TPSA) is 122 Å². The highest BCUT2D eigenvalue weighted by molar-refractivity contribution is 7.99. The third kappa shape index (κ3) is 6.83. The number of nitrogens with zero attached hydrogens (tertiary/aromatic N) is 6. The average molecular weight is 512 g/mol. The number of hydrazone groups is 1. The summed E-state index contributed by atoms with van der Waals surface area (Å²) in [6.45, 7) is 6.60. The molecule has 2 aromatic rings. The summed E-state index contributed by atoms with van der Waals surface area (Å²) in [4.78, 5) is 26.5. The summed E-state index contributed by atoms with van der Waals surface area (Å²) in [5.41, 5.74) is 4.73. The highest BCUT2D eigenvalue weighted by atomic mass is 32.2. The number of carbonyl (C=O) groups excluding carboxylic acids is 1. The van der Waals surface area contributed by atoms with Crippen LogP contribution in [-0.4, -0.2) is 71.5 Å². The standard InChI is InChI=1S/C24H30FN9OS/c1-16-13-21(32-31-16)28-20-14-22(34-11-9-33(10-12-34)17(2)15-25)30-24(29-20)36-19-5-3-18(4-6-19)27-23(35)7-8-26/h3-6,14,17,21,32H,7,9-13,15H2,1-2H3,(H,27,35)(H,28,29,30). The second kappa shape index (κ2) is 12.0. The largest absolute Gasteiger partial charge is 0.354 e. The first-order valence-electron chi connectivity index (χ1n) is 11.9. The first-order valence-corrected chi connectivity index (χ1v) is 12.7. The molecule has 0 radical (unpaired) electrons. The number of carbonyl (C=O) groups is 1. The van der Waals surface area contributed by atoms with E-state index in [1.807, 2.05) is 38.1 Å². The van der Waals surface area contributed by atoms with E-state index >= 15 is 0 Å². The summed E-state index contributed by atoms with van der Waals surface area (Å²) in [7, 11) is 0. The van der Waals surface area contributed by atoms with Crippen molar-refractivity contribution in [2.45, 2.75) is 48.9 Å². The van der Waals surface area contributed by atoms with E-state index in [0.717, 1.165) is 49.0 Å². The van der Waals surface area contributed by atoms with Gasteiger partial charge in [-0.25, -0.2) is 14.4 Å². The van der Waals surface area contributed by atoms with Crippen LogP contribution in [0.5, 0.6) is 0 Å². The summed E-state index contributed by atoms with van der Waals surface area (Å²) in [6.07, 6.45) is 0.554. The molecule has 4 rings (SSSR count). The SMILES string of the molecule is CC1=NNC(Nc2cc(N3CCN(C(C)CF)CC3)nc(Sc3ccc(NC(=O)CC#N)cc3)n2)C1. The van der Waals surface area contributed by atoms with E-state index in [1.165, 1.54) is 11.8 Å². The minimum Gasteiger partial charge on any atom is -0.354 e. The van der Waals surface area contributed by atoms with Crippen molar-refractivity contribution >= 4 is 40.7 Å². The number of alkyl halides is 1. The van der Waals surface area contributed by atoms with E-state index in [-0.39, 0.29) is 31.2 Å². The highest BCUT2D eigenvalue weighted by Crippen LogP contribution is 2.30. The Morgan fingerprint density at radius 2 is 2.03 bits per heavy atom. The zero-order valence-electron chi connectivity index (χ0n) is 20.4. The number of hydrogen-bond donors (Lipinski definition) is 3. The van der Waals surface area contributed by atoms with E-state index in [4.69, 9.17) is 15.2 Å². The second-order valence-electron chi connectivity index (χ2n) is 8.81. The van der Waals surface area contributed by atoms with Gasteiger partial charge in [0.1, 0.15) is 30.9 Å². The lowest BCUT2D eigenvalue weighted by Crippen LogP contribution is -2.50. The second-order valence-corrected chi connectivity index (χ2v) is 9.85. The maximum absolute atomic E-state index is 13.1. The molecule has 12 heteroatoms. The molecule has 1 aromatic heterocycles. The van der Waals surface area contributed by atoms with Crippen molar-refractivity contribution in [1.29, 1.82) is 5.26 Å². The van der Waals surface area contributed by atoms with Gasteiger partial charge in [-0.15, -0.1) is 0 Å². The number of nitrogens with one attached hydrogen (secondary N) is 3. The summed E-state index contributed by atoms with van der Waals surface area (Å²) >= 11 is 1.42. The fraction of sp³-hybridized carbons (Fsp3) is 0.458. The Morgan fingerprint density at radius 3 is 2.67 bits per heavy atom. The summed E-state index contributed by atoms with van der Waals surface area (Å²) in [6, 6.07) is 11.0. The molecule has 0 bridgehead atoms. The summed E-state index contributed by atoms with van der Waals surface area (Å²) in [5, 5.41) is 19.6. The Balaban J connectivity index is 1.49. The molecule has 0 spiro atoms. The number of rotatable bonds is 9. The van der Waals surface area contributed by atoms with Crippen LogP contribution in [0.25, 0.3) is 0 Å². The quantitative estimate of drug-likeness (QED) is 0.436. The van der Waals surface area contributed by atoms with Crippen LogP contribution >= 0.6 is 11.8 Å². The molecule has 2 atom stereocenters. The van der Waals surface area contributed by atoms with Crippen molar-refractivity contribution in [3.63, 3.8) is 0 Å². The number of nitriles is 1. The van der Waals surface area contributed by atoms with E-state index < -0.39 is 0 Å². The average Bonchev–Trinajstić information content (AvgIpc) is 3.29. The lowest BCUT2D eigenvalue weighted by atomic mass is 10.2. The molecule has 3 N–H and O–H groups in total. The maximum atomic E-state index is 13.1. The number of anilines is 3. The molecule has 1 saturated heterocycles. The first kappa shape index (κ1) is 25.7. The third-order valence-corrected chi connectivity index (χ3v) is 6.87. The van der Waals surface area contributed by atoms with Gasteiger partial charge in [0, 0.05) is 61.0 Å². The lowest BCUT2D eigenvalue weighted by Gasteiger charge is -2.37. The number of amides is 1. The van der Waals surface area contributed by atoms with Crippen molar-refractivity contribution < 1.29 is 9.18 Å². The van der Waals surface area contributed by atoms with E-state index in [9.17, 15) is 9.18 Å². The Labute approximate surface area is 214 Å². The Kier molecular flexibility index (Phi) is 8.56. The maximum Gasteiger partial charge on any atom is 0.238 e. The van der Waals surface area contributed by atoms with Crippen molar-refractivity contribution in [3.05, 3.63) is 30.3 Å². The van der Waals surface area contributed by atoms with Crippen LogP contribution in [0.15, 0.2) is 45.5 Å². The van der Waals surface area contributed by atoms with E-state index in [0.29, 0.717) is 16.7 Å². The van der Waals surface area contributed by atoms with Crippen molar-refractivity contribution in [2.75, 3.05) is 48.4 Å². The highest BCUT2D eigenvalue weighted by Gasteiger charge is 2.23. The molecule has 0 saturated carbocycles. The van der Waals surface area contributed by atoms with Crippen LogP contribution in [0.2, 0.25) is 0 Å². The van der Waals surface area contributed by atoms with Gasteiger partial charge in [0.2, 0.25) is 5.91 Å². The molecule has 36 heavy (non-hydrogen) atoms. The van der Waals surface area contributed by atoms with Crippen LogP contribution in [0.3, 0.4) is 0 Å². The minimum atomic E-state index is -0.348. The van der Waals surface area contributed by atoms with Crippen molar-refractivity contribution in [2.24, 2.45) is 5.10 Å². The predicted octanol–water partition coefficient (Wildman–Crippen LogP) is 3.07. The molecule has 10 nitrogen and oxygen atoms in total. The minimum absolute atomic E-state index is 0.0378. The van der Waals surface area contributed by atoms with Crippen LogP contribution in [-0.2, 0) is 4.79 Å². The van der Waals surface area contributed by atoms with Gasteiger partial charge in [-0.1, -0.05) is 0 Å². The van der Waals surface area contributed by atoms with Gasteiger partial charge in [0.15, 0.2) is 5.16 Å². The predicted molar refractivity (Wildman–Crippen MR) is 139 cm³/mol. The summed E-state index contributed by atoms with van der Waals surface area (Å²) in [5.74, 6) is 1.17. The van der Waals surface area contributed by atoms with E-state index in [2.05, 4.69) is 31.0 Å². The Morgan fingerprint density at radius 1 is 1.28 bits per heavy atom. The zero-order chi connectivity index (χ0) is 25.5. The normalized spacial score (nSPS) is 18.7. The lowest BCUT2D eigenvalue weighted by molar-refractivity contribution is -0.115. The van der Waals surface area contributed by atoms with Crippen LogP contribution in [0.4, 0.5) is 21.7 Å². The Bertz CT molecular complexity index is 1130. The van der Waals surface area contributed by atoms with Crippen molar-refractivity contribution in [1.82, 2.24) is 20.3 Å². The van der Waals surface area contributed by atoms with Gasteiger partial charge >= 0.3 is 0 Å². The van der Waals surface area contributed by atoms with Crippen LogP contribution in [0, 0.1) is 11.3 Å². The molecule has 2 aliphatic rings. The number of aromatic nitrogens is 2. The molecule has 1 aromatic carbocycles. The van der Waals surface area contributed by atoms with E-state index in [1.54, 1.807) is 12.1 Å². The Hall–Kier alpha value is -3.43. The molecule has 3 heterocycles. The number of hydrogen-bond acceptors (Lipinski definition) is 10. The van der Waals surface area contributed by atoms with Crippen LogP contribution < -0.4 is 21.0 Å². The molecule has 1 amide bonds. The smallest absolute Gasteiger partial charge is 0.238 e. The van der Waals surface area contributed by atoms with Gasteiger partial charge in [0.05, 0.1) is 6.07 Å². The molecule has 1 fully saturated rings. The molecule has 190 valence electrons. The fourth-order valence-electron chi connectivity index (χ4n) is 4.01. The number of benzene rings is 1. The van der Waals surface area contributed by atoms with Gasteiger partial charge in [-0.2, -0.15) is 10.4 Å².